The second kappa shape index (κ2) is 7.11. The number of hydrogen-bond acceptors (Lipinski definition) is 3. The van der Waals surface area contributed by atoms with E-state index in [1.165, 1.54) is 6.33 Å². The van der Waals surface area contributed by atoms with Crippen LogP contribution in [0.25, 0.3) is 0 Å². The van der Waals surface area contributed by atoms with Gasteiger partial charge in [0.2, 0.25) is 0 Å². The number of halogens is 1. The van der Waals surface area contributed by atoms with Crippen LogP contribution in [-0.2, 0) is 0 Å². The molecule has 1 aromatic rings. The van der Waals surface area contributed by atoms with Gasteiger partial charge >= 0.3 is 0 Å². The van der Waals surface area contributed by atoms with Crippen LogP contribution in [0.3, 0.4) is 0 Å². The fourth-order valence-corrected chi connectivity index (χ4v) is 2.71. The molecule has 0 saturated heterocycles. The molecule has 0 saturated carbocycles. The fraction of sp³-hybridized carbons (Fsp3) is 0.692. The smallest absolute Gasteiger partial charge is 0.266 e. The van der Waals surface area contributed by atoms with Crippen molar-refractivity contribution in [3.8, 4) is 0 Å². The first kappa shape index (κ1) is 15.5. The van der Waals surface area contributed by atoms with Crippen LogP contribution in [0, 0.1) is 9.49 Å². The lowest BCUT2D eigenvalue weighted by Crippen LogP contribution is -2.39. The van der Waals surface area contributed by atoms with Gasteiger partial charge in [-0.3, -0.25) is 4.79 Å². The van der Waals surface area contributed by atoms with Crippen LogP contribution in [0.15, 0.2) is 11.1 Å². The molecule has 0 spiro atoms. The van der Waals surface area contributed by atoms with Crippen LogP contribution in [-0.4, -0.2) is 22.6 Å². The maximum absolute atomic E-state index is 11.7. The van der Waals surface area contributed by atoms with E-state index in [0.717, 1.165) is 25.2 Å². The summed E-state index contributed by atoms with van der Waals surface area (Å²) in [6.07, 6.45) is 3.62. The molecular weight excluding hydrogens is 341 g/mol. The van der Waals surface area contributed by atoms with Gasteiger partial charge in [0.05, 0.1) is 6.33 Å². The summed E-state index contributed by atoms with van der Waals surface area (Å²) in [7, 11) is 0. The quantitative estimate of drug-likeness (QED) is 0.791. The average molecular weight is 363 g/mol. The highest BCUT2D eigenvalue weighted by Crippen LogP contribution is 2.22. The molecule has 1 heterocycles. The molecule has 5 heteroatoms. The first-order valence-electron chi connectivity index (χ1n) is 6.51. The Balaban J connectivity index is 3.16. The molecule has 0 bridgehead atoms. The highest BCUT2D eigenvalue weighted by atomic mass is 127. The van der Waals surface area contributed by atoms with Crippen LogP contribution in [0.5, 0.6) is 0 Å². The Hall–Kier alpha value is -0.590. The van der Waals surface area contributed by atoms with Gasteiger partial charge in [0.1, 0.15) is 9.39 Å². The Morgan fingerprint density at radius 1 is 1.39 bits per heavy atom. The van der Waals surface area contributed by atoms with Crippen molar-refractivity contribution < 1.29 is 0 Å². The second-order valence-corrected chi connectivity index (χ2v) is 5.96. The van der Waals surface area contributed by atoms with Gasteiger partial charge in [0.25, 0.3) is 5.56 Å². The SMILES string of the molecule is CCC(CC)N(CC(C)C)c1nc[nH]c(=O)c1I. The summed E-state index contributed by atoms with van der Waals surface area (Å²) in [6.45, 7) is 9.67. The zero-order chi connectivity index (χ0) is 13.7. The van der Waals surface area contributed by atoms with Crippen molar-refractivity contribution in [3.05, 3.63) is 20.3 Å². The van der Waals surface area contributed by atoms with E-state index in [1.807, 2.05) is 0 Å². The zero-order valence-corrected chi connectivity index (χ0v) is 13.7. The van der Waals surface area contributed by atoms with Crippen molar-refractivity contribution in [3.63, 3.8) is 0 Å². The maximum atomic E-state index is 11.7. The highest BCUT2D eigenvalue weighted by molar-refractivity contribution is 14.1. The standard InChI is InChI=1S/C13H22IN3O/c1-5-10(6-2)17(7-9(3)4)12-11(14)13(18)16-8-15-12/h8-10H,5-7H2,1-4H3,(H,15,16,18). The number of hydrogen-bond donors (Lipinski definition) is 1. The molecule has 0 radical (unpaired) electrons. The van der Waals surface area contributed by atoms with Crippen molar-refractivity contribution in [2.24, 2.45) is 5.92 Å². The second-order valence-electron chi connectivity index (χ2n) is 4.89. The van der Waals surface area contributed by atoms with E-state index in [0.29, 0.717) is 15.5 Å². The largest absolute Gasteiger partial charge is 0.352 e. The molecule has 1 aromatic heterocycles. The Bertz CT molecular complexity index is 426. The van der Waals surface area contributed by atoms with Crippen LogP contribution in [0.2, 0.25) is 0 Å². The van der Waals surface area contributed by atoms with Crippen LogP contribution < -0.4 is 10.5 Å². The van der Waals surface area contributed by atoms with Gasteiger partial charge in [-0.25, -0.2) is 4.98 Å². The first-order valence-corrected chi connectivity index (χ1v) is 7.58. The van der Waals surface area contributed by atoms with E-state index in [-0.39, 0.29) is 5.56 Å². The lowest BCUT2D eigenvalue weighted by atomic mass is 10.1. The third-order valence-electron chi connectivity index (χ3n) is 3.00. The van der Waals surface area contributed by atoms with Crippen molar-refractivity contribution in [1.29, 1.82) is 0 Å². The van der Waals surface area contributed by atoms with Gasteiger partial charge in [-0.2, -0.15) is 0 Å². The molecule has 102 valence electrons. The molecule has 1 N–H and O–H groups in total. The molecule has 0 aliphatic carbocycles. The molecule has 0 amide bonds. The summed E-state index contributed by atoms with van der Waals surface area (Å²) in [4.78, 5) is 21.0. The van der Waals surface area contributed by atoms with Gasteiger partial charge in [-0.05, 0) is 41.4 Å². The third kappa shape index (κ3) is 3.70. The predicted octanol–water partition coefficient (Wildman–Crippen LogP) is 3.03. The van der Waals surface area contributed by atoms with Crippen LogP contribution >= 0.6 is 22.6 Å². The van der Waals surface area contributed by atoms with E-state index in [4.69, 9.17) is 0 Å². The van der Waals surface area contributed by atoms with E-state index >= 15 is 0 Å². The van der Waals surface area contributed by atoms with Crippen molar-refractivity contribution in [2.75, 3.05) is 11.4 Å². The fourth-order valence-electron chi connectivity index (χ4n) is 2.11. The highest BCUT2D eigenvalue weighted by Gasteiger charge is 2.21. The normalized spacial score (nSPS) is 11.3. The van der Waals surface area contributed by atoms with Gasteiger partial charge < -0.3 is 9.88 Å². The lowest BCUT2D eigenvalue weighted by Gasteiger charge is -2.33. The molecule has 0 unspecified atom stereocenters. The molecule has 0 fully saturated rings. The van der Waals surface area contributed by atoms with Gasteiger partial charge in [-0.15, -0.1) is 0 Å². The van der Waals surface area contributed by atoms with Crippen LogP contribution in [0.1, 0.15) is 40.5 Å². The summed E-state index contributed by atoms with van der Waals surface area (Å²) < 4.78 is 0.683. The van der Waals surface area contributed by atoms with E-state index in [2.05, 4.69) is 65.2 Å². The monoisotopic (exact) mass is 363 g/mol. The Morgan fingerprint density at radius 2 is 2.00 bits per heavy atom. The minimum Gasteiger partial charge on any atom is -0.352 e. The Kier molecular flexibility index (Phi) is 6.11. The third-order valence-corrected chi connectivity index (χ3v) is 3.97. The Labute approximate surface area is 122 Å². The van der Waals surface area contributed by atoms with Gasteiger partial charge in [-0.1, -0.05) is 27.7 Å². The summed E-state index contributed by atoms with van der Waals surface area (Å²) in [5.74, 6) is 1.37. The van der Waals surface area contributed by atoms with Crippen LogP contribution in [0.4, 0.5) is 5.82 Å². The van der Waals surface area contributed by atoms with E-state index < -0.39 is 0 Å². The maximum Gasteiger partial charge on any atom is 0.266 e. The number of aromatic nitrogens is 2. The first-order chi connectivity index (χ1) is 8.51. The molecule has 0 aliphatic rings. The topological polar surface area (TPSA) is 49.0 Å². The molecule has 1 rings (SSSR count). The van der Waals surface area contributed by atoms with Crippen molar-refractivity contribution in [2.45, 2.75) is 46.6 Å². The van der Waals surface area contributed by atoms with E-state index in [1.54, 1.807) is 0 Å². The summed E-state index contributed by atoms with van der Waals surface area (Å²) >= 11 is 2.08. The summed E-state index contributed by atoms with van der Waals surface area (Å²) in [5.41, 5.74) is -0.0553. The molecule has 0 aliphatic heterocycles. The number of aromatic amines is 1. The molecule has 18 heavy (non-hydrogen) atoms. The zero-order valence-electron chi connectivity index (χ0n) is 11.5. The number of rotatable bonds is 6. The molecule has 0 aromatic carbocycles. The van der Waals surface area contributed by atoms with Gasteiger partial charge in [0, 0.05) is 12.6 Å². The summed E-state index contributed by atoms with van der Waals surface area (Å²) in [5, 5.41) is 0. The van der Waals surface area contributed by atoms with Crippen molar-refractivity contribution in [1.82, 2.24) is 9.97 Å². The van der Waals surface area contributed by atoms with Crippen molar-refractivity contribution >= 4 is 28.4 Å². The minimum atomic E-state index is -0.0553. The Morgan fingerprint density at radius 3 is 2.50 bits per heavy atom. The molecular formula is C13H22IN3O. The predicted molar refractivity (Wildman–Crippen MR) is 84.1 cm³/mol. The van der Waals surface area contributed by atoms with Gasteiger partial charge in [0.15, 0.2) is 0 Å². The summed E-state index contributed by atoms with van der Waals surface area (Å²) in [6, 6.07) is 0.440. The number of nitrogens with zero attached hydrogens (tertiary/aromatic N) is 2. The molecule has 4 nitrogen and oxygen atoms in total. The average Bonchev–Trinajstić information content (AvgIpc) is 2.32. The number of H-pyrrole nitrogens is 1. The lowest BCUT2D eigenvalue weighted by molar-refractivity contribution is 0.502. The molecule has 0 atom stereocenters. The number of nitrogens with one attached hydrogen (secondary N) is 1. The van der Waals surface area contributed by atoms with E-state index in [9.17, 15) is 4.79 Å². The number of anilines is 1. The minimum absolute atomic E-state index is 0.0553.